The molecule has 0 N–H and O–H groups in total. The predicted molar refractivity (Wildman–Crippen MR) is 319 cm³/mol. The fourth-order valence-electron chi connectivity index (χ4n) is 12.1. The molecule has 0 aliphatic rings. The summed E-state index contributed by atoms with van der Waals surface area (Å²) in [6.45, 7) is 0. The zero-order valence-electron chi connectivity index (χ0n) is 41.0. The van der Waals surface area contributed by atoms with Gasteiger partial charge in [-0.15, -0.1) is 0 Å². The van der Waals surface area contributed by atoms with Crippen LogP contribution in [0.15, 0.2) is 285 Å². The van der Waals surface area contributed by atoms with Crippen LogP contribution in [0.25, 0.3) is 121 Å². The molecular weight excluding hydrogens is 907 g/mol. The number of rotatable bonds is 8. The molecule has 0 atom stereocenters. The van der Waals surface area contributed by atoms with Crippen molar-refractivity contribution in [1.82, 2.24) is 9.13 Å². The molecule has 0 saturated carbocycles. The van der Waals surface area contributed by atoms with Crippen molar-refractivity contribution in [2.75, 3.05) is 4.90 Å². The zero-order valence-corrected chi connectivity index (χ0v) is 41.0. The maximum atomic E-state index is 2.46. The van der Waals surface area contributed by atoms with Gasteiger partial charge < -0.3 is 14.0 Å². The SMILES string of the molecule is c1ccc(N(c2ccc3ccccc3c2)c2c3ccccc3c(-c3cc(-c4ccc5c(c4)c4ccccc4n5-c4ccccc4)cc(-c4ccc5c(c4)c4ccccc4n5-c4ccccc4)c3)c3ccccc23)cc1. The third kappa shape index (κ3) is 6.97. The van der Waals surface area contributed by atoms with E-state index >= 15 is 0 Å². The van der Waals surface area contributed by atoms with Gasteiger partial charge in [-0.3, -0.25) is 0 Å². The van der Waals surface area contributed by atoms with Gasteiger partial charge in [0.05, 0.1) is 27.8 Å². The van der Waals surface area contributed by atoms with Gasteiger partial charge in [-0.1, -0.05) is 182 Å². The summed E-state index contributed by atoms with van der Waals surface area (Å²) >= 11 is 0. The van der Waals surface area contributed by atoms with E-state index in [2.05, 4.69) is 299 Å². The van der Waals surface area contributed by atoms with Crippen molar-refractivity contribution in [2.24, 2.45) is 0 Å². The number of hydrogen-bond acceptors (Lipinski definition) is 1. The smallest absolute Gasteiger partial charge is 0.0618 e. The summed E-state index contributed by atoms with van der Waals surface area (Å²) in [7, 11) is 0. The minimum atomic E-state index is 1.10. The van der Waals surface area contributed by atoms with E-state index in [1.165, 1.54) is 92.6 Å². The molecule has 15 aromatic rings. The molecule has 3 heteroatoms. The average Bonchev–Trinajstić information content (AvgIpc) is 4.00. The van der Waals surface area contributed by atoms with Gasteiger partial charge in [-0.25, -0.2) is 0 Å². The van der Waals surface area contributed by atoms with E-state index in [0.717, 1.165) is 45.1 Å². The third-order valence-corrected chi connectivity index (χ3v) is 15.4. The maximum Gasteiger partial charge on any atom is 0.0618 e. The summed E-state index contributed by atoms with van der Waals surface area (Å²) in [6.07, 6.45) is 0. The highest BCUT2D eigenvalue weighted by atomic mass is 15.1. The second kappa shape index (κ2) is 17.4. The van der Waals surface area contributed by atoms with Gasteiger partial charge >= 0.3 is 0 Å². The summed E-state index contributed by atoms with van der Waals surface area (Å²) in [4.78, 5) is 2.46. The number of para-hydroxylation sites is 5. The van der Waals surface area contributed by atoms with Crippen LogP contribution in [-0.2, 0) is 0 Å². The van der Waals surface area contributed by atoms with Gasteiger partial charge in [0.1, 0.15) is 0 Å². The maximum absolute atomic E-state index is 2.46. The molecule has 0 unspecified atom stereocenters. The van der Waals surface area contributed by atoms with E-state index in [1.807, 2.05) is 0 Å². The lowest BCUT2D eigenvalue weighted by molar-refractivity contribution is 1.18. The topological polar surface area (TPSA) is 13.1 Å². The Morgan fingerprint density at radius 3 is 1.17 bits per heavy atom. The third-order valence-electron chi connectivity index (χ3n) is 15.4. The summed E-state index contributed by atoms with van der Waals surface area (Å²) in [6, 6.07) is 105. The number of aromatic nitrogens is 2. The predicted octanol–water partition coefficient (Wildman–Crippen LogP) is 19.8. The first-order valence-electron chi connectivity index (χ1n) is 25.8. The highest BCUT2D eigenvalue weighted by molar-refractivity contribution is 6.23. The van der Waals surface area contributed by atoms with E-state index in [0.29, 0.717) is 0 Å². The lowest BCUT2D eigenvalue weighted by atomic mass is 9.86. The van der Waals surface area contributed by atoms with Crippen molar-refractivity contribution < 1.29 is 0 Å². The van der Waals surface area contributed by atoms with Crippen LogP contribution in [0.3, 0.4) is 0 Å². The lowest BCUT2D eigenvalue weighted by Crippen LogP contribution is -2.11. The van der Waals surface area contributed by atoms with Crippen LogP contribution in [0.5, 0.6) is 0 Å². The standard InChI is InChI=1S/C72H47N3/c1-4-22-55(23-5-1)73(58-39-36-48-20-10-11-21-49(48)45-58)72-63-32-14-12-30-61(63)71(62-31-13-15-33-64(62)72)54-43-52(50-37-40-69-65(46-50)59-28-16-18-34-67(59)74(69)56-24-6-2-7-25-56)42-53(44-54)51-38-41-70-66(47-51)60-29-17-19-35-68(60)75(70)57-26-8-3-9-27-57/h1-47H. The van der Waals surface area contributed by atoms with Gasteiger partial charge in [0.2, 0.25) is 0 Å². The Bertz CT molecular complexity index is 4470. The van der Waals surface area contributed by atoms with E-state index in [9.17, 15) is 0 Å². The van der Waals surface area contributed by atoms with Gasteiger partial charge in [-0.2, -0.15) is 0 Å². The van der Waals surface area contributed by atoms with Gasteiger partial charge in [0.15, 0.2) is 0 Å². The first-order chi connectivity index (χ1) is 37.2. The molecule has 13 aromatic carbocycles. The van der Waals surface area contributed by atoms with Crippen molar-refractivity contribution in [3.05, 3.63) is 285 Å². The number of anilines is 3. The Morgan fingerprint density at radius 1 is 0.227 bits per heavy atom. The second-order valence-electron chi connectivity index (χ2n) is 19.7. The number of hydrogen-bond donors (Lipinski definition) is 0. The van der Waals surface area contributed by atoms with Gasteiger partial charge in [0, 0.05) is 55.1 Å². The Hall–Kier alpha value is -9.96. The first kappa shape index (κ1) is 42.7. The number of benzene rings is 13. The second-order valence-corrected chi connectivity index (χ2v) is 19.7. The fraction of sp³-hybridized carbons (Fsp3) is 0. The molecule has 15 rings (SSSR count). The van der Waals surface area contributed by atoms with E-state index < -0.39 is 0 Å². The van der Waals surface area contributed by atoms with Gasteiger partial charge in [-0.05, 0) is 158 Å². The fourth-order valence-corrected chi connectivity index (χ4v) is 12.1. The Kier molecular flexibility index (Phi) is 9.89. The summed E-state index contributed by atoms with van der Waals surface area (Å²) in [5, 5.41) is 12.1. The summed E-state index contributed by atoms with van der Waals surface area (Å²) in [5.41, 5.74) is 17.5. The Labute approximate surface area is 434 Å². The van der Waals surface area contributed by atoms with Crippen LogP contribution in [0, 0.1) is 0 Å². The van der Waals surface area contributed by atoms with Crippen LogP contribution < -0.4 is 4.90 Å². The lowest BCUT2D eigenvalue weighted by Gasteiger charge is -2.30. The molecule has 3 nitrogen and oxygen atoms in total. The highest BCUT2D eigenvalue weighted by Gasteiger charge is 2.24. The molecule has 0 aliphatic heterocycles. The van der Waals surface area contributed by atoms with E-state index in [4.69, 9.17) is 0 Å². The monoisotopic (exact) mass is 953 g/mol. The van der Waals surface area contributed by atoms with Gasteiger partial charge in [0.25, 0.3) is 0 Å². The minimum absolute atomic E-state index is 1.10. The van der Waals surface area contributed by atoms with Crippen LogP contribution in [0.1, 0.15) is 0 Å². The van der Waals surface area contributed by atoms with Crippen molar-refractivity contribution >= 4 is 93.0 Å². The average molecular weight is 954 g/mol. The van der Waals surface area contributed by atoms with Crippen molar-refractivity contribution in [3.63, 3.8) is 0 Å². The number of fused-ring (bicyclic) bond motifs is 9. The summed E-state index contributed by atoms with van der Waals surface area (Å²) in [5.74, 6) is 0. The van der Waals surface area contributed by atoms with Crippen molar-refractivity contribution in [2.45, 2.75) is 0 Å². The normalized spacial score (nSPS) is 11.7. The molecule has 350 valence electrons. The molecule has 0 saturated heterocycles. The molecule has 0 amide bonds. The Morgan fingerprint density at radius 2 is 0.640 bits per heavy atom. The van der Waals surface area contributed by atoms with Crippen LogP contribution in [0.2, 0.25) is 0 Å². The quantitative estimate of drug-likeness (QED) is 0.138. The largest absolute Gasteiger partial charge is 0.309 e. The molecule has 2 heterocycles. The minimum Gasteiger partial charge on any atom is -0.309 e. The van der Waals surface area contributed by atoms with Crippen molar-refractivity contribution in [1.29, 1.82) is 0 Å². The summed E-state index contributed by atoms with van der Waals surface area (Å²) < 4.78 is 4.79. The molecule has 2 aromatic heterocycles. The van der Waals surface area contributed by atoms with Crippen LogP contribution in [0.4, 0.5) is 17.1 Å². The van der Waals surface area contributed by atoms with Crippen LogP contribution in [-0.4, -0.2) is 9.13 Å². The molecule has 0 spiro atoms. The zero-order chi connectivity index (χ0) is 49.4. The molecule has 0 fully saturated rings. The molecular formula is C72H47N3. The molecule has 75 heavy (non-hydrogen) atoms. The van der Waals surface area contributed by atoms with Crippen LogP contribution >= 0.6 is 0 Å². The highest BCUT2D eigenvalue weighted by Crippen LogP contribution is 2.50. The molecule has 0 radical (unpaired) electrons. The molecule has 0 bridgehead atoms. The van der Waals surface area contributed by atoms with E-state index in [-0.39, 0.29) is 0 Å². The van der Waals surface area contributed by atoms with E-state index in [1.54, 1.807) is 0 Å². The molecule has 0 aliphatic carbocycles. The van der Waals surface area contributed by atoms with Crippen molar-refractivity contribution in [3.8, 4) is 44.8 Å². The Balaban J connectivity index is 1.00. The first-order valence-corrected chi connectivity index (χ1v) is 25.8. The number of nitrogens with zero attached hydrogens (tertiary/aromatic N) is 3.